The highest BCUT2D eigenvalue weighted by molar-refractivity contribution is 5.43. The van der Waals surface area contributed by atoms with Crippen LogP contribution in [0.3, 0.4) is 0 Å². The van der Waals surface area contributed by atoms with Crippen LogP contribution in [0.4, 0.5) is 0 Å². The van der Waals surface area contributed by atoms with Crippen molar-refractivity contribution < 1.29 is 9.47 Å². The minimum Gasteiger partial charge on any atom is -0.497 e. The van der Waals surface area contributed by atoms with Crippen molar-refractivity contribution in [1.82, 2.24) is 0 Å². The normalized spacial score (nSPS) is 24.4. The van der Waals surface area contributed by atoms with Gasteiger partial charge in [-0.05, 0) is 31.0 Å². The maximum absolute atomic E-state index is 6.13. The summed E-state index contributed by atoms with van der Waals surface area (Å²) in [5, 5.41) is 0. The van der Waals surface area contributed by atoms with Gasteiger partial charge < -0.3 is 15.2 Å². The second kappa shape index (κ2) is 4.74. The van der Waals surface area contributed by atoms with Crippen LogP contribution in [0.2, 0.25) is 0 Å². The van der Waals surface area contributed by atoms with Crippen molar-refractivity contribution in [3.63, 3.8) is 0 Å². The highest BCUT2D eigenvalue weighted by Crippen LogP contribution is 2.39. The van der Waals surface area contributed by atoms with Crippen molar-refractivity contribution in [3.05, 3.63) is 23.8 Å². The predicted molar refractivity (Wildman–Crippen MR) is 64.1 cm³/mol. The molecular weight excluding hydrogens is 202 g/mol. The average Bonchev–Trinajstić information content (AvgIpc) is 2.74. The Morgan fingerprint density at radius 1 is 1.19 bits per heavy atom. The van der Waals surface area contributed by atoms with Gasteiger partial charge in [0, 0.05) is 17.5 Å². The molecular formula is C13H19NO2. The Balaban J connectivity index is 2.36. The van der Waals surface area contributed by atoms with Crippen molar-refractivity contribution in [3.8, 4) is 11.5 Å². The molecule has 3 heteroatoms. The van der Waals surface area contributed by atoms with E-state index < -0.39 is 0 Å². The molecule has 0 amide bonds. The van der Waals surface area contributed by atoms with Gasteiger partial charge in [0.1, 0.15) is 11.5 Å². The van der Waals surface area contributed by atoms with E-state index >= 15 is 0 Å². The molecule has 0 spiro atoms. The van der Waals surface area contributed by atoms with Gasteiger partial charge in [-0.25, -0.2) is 0 Å². The lowest BCUT2D eigenvalue weighted by Crippen LogP contribution is -2.23. The van der Waals surface area contributed by atoms with Gasteiger partial charge in [0.05, 0.1) is 14.2 Å². The summed E-state index contributed by atoms with van der Waals surface area (Å²) in [6.45, 7) is 0. The minimum absolute atomic E-state index is 0.251. The SMILES string of the molecule is COc1ccc(OC)c(C2CCCC2N)c1. The molecule has 0 aliphatic heterocycles. The van der Waals surface area contributed by atoms with Crippen LogP contribution in [0.15, 0.2) is 18.2 Å². The van der Waals surface area contributed by atoms with Crippen LogP contribution in [0.1, 0.15) is 30.7 Å². The molecule has 1 aliphatic carbocycles. The Hall–Kier alpha value is -1.22. The number of rotatable bonds is 3. The smallest absolute Gasteiger partial charge is 0.122 e. The Labute approximate surface area is 96.5 Å². The number of hydrogen-bond acceptors (Lipinski definition) is 3. The van der Waals surface area contributed by atoms with Gasteiger partial charge in [-0.3, -0.25) is 0 Å². The van der Waals surface area contributed by atoms with E-state index in [1.165, 1.54) is 12.0 Å². The number of benzene rings is 1. The largest absolute Gasteiger partial charge is 0.497 e. The summed E-state index contributed by atoms with van der Waals surface area (Å²) in [7, 11) is 3.38. The Morgan fingerprint density at radius 3 is 2.56 bits per heavy atom. The average molecular weight is 221 g/mol. The number of methoxy groups -OCH3 is 2. The Bertz CT molecular complexity index is 365. The molecule has 0 saturated heterocycles. The zero-order valence-electron chi connectivity index (χ0n) is 9.90. The summed E-state index contributed by atoms with van der Waals surface area (Å²) < 4.78 is 10.6. The molecule has 2 N–H and O–H groups in total. The van der Waals surface area contributed by atoms with Gasteiger partial charge in [0.15, 0.2) is 0 Å². The molecule has 1 aromatic rings. The van der Waals surface area contributed by atoms with Gasteiger partial charge in [-0.1, -0.05) is 6.42 Å². The fraction of sp³-hybridized carbons (Fsp3) is 0.538. The monoisotopic (exact) mass is 221 g/mol. The predicted octanol–water partition coefficient (Wildman–Crippen LogP) is 2.30. The molecule has 0 bridgehead atoms. The summed E-state index contributed by atoms with van der Waals surface area (Å²) in [6, 6.07) is 6.18. The van der Waals surface area contributed by atoms with Crippen molar-refractivity contribution in [2.75, 3.05) is 14.2 Å². The molecule has 2 unspecified atom stereocenters. The van der Waals surface area contributed by atoms with Crippen molar-refractivity contribution >= 4 is 0 Å². The fourth-order valence-electron chi connectivity index (χ4n) is 2.50. The molecule has 0 radical (unpaired) electrons. The third kappa shape index (κ3) is 2.00. The summed E-state index contributed by atoms with van der Waals surface area (Å²) in [5.41, 5.74) is 7.32. The molecule has 0 aromatic heterocycles. The van der Waals surface area contributed by atoms with E-state index in [1.54, 1.807) is 14.2 Å². The molecule has 3 nitrogen and oxygen atoms in total. The van der Waals surface area contributed by atoms with Gasteiger partial charge in [-0.2, -0.15) is 0 Å². The fourth-order valence-corrected chi connectivity index (χ4v) is 2.50. The van der Waals surface area contributed by atoms with Crippen molar-refractivity contribution in [2.24, 2.45) is 5.73 Å². The highest BCUT2D eigenvalue weighted by Gasteiger charge is 2.28. The molecule has 1 saturated carbocycles. The molecule has 1 aliphatic rings. The van der Waals surface area contributed by atoms with Crippen LogP contribution < -0.4 is 15.2 Å². The topological polar surface area (TPSA) is 44.5 Å². The summed E-state index contributed by atoms with van der Waals surface area (Å²) >= 11 is 0. The van der Waals surface area contributed by atoms with Gasteiger partial charge >= 0.3 is 0 Å². The lowest BCUT2D eigenvalue weighted by molar-refractivity contribution is 0.393. The minimum atomic E-state index is 0.251. The van der Waals surface area contributed by atoms with E-state index in [1.807, 2.05) is 12.1 Å². The second-order valence-electron chi connectivity index (χ2n) is 4.31. The first-order valence-corrected chi connectivity index (χ1v) is 5.73. The molecule has 2 atom stereocenters. The lowest BCUT2D eigenvalue weighted by atomic mass is 9.93. The van der Waals surface area contributed by atoms with Crippen LogP contribution in [0, 0.1) is 0 Å². The van der Waals surface area contributed by atoms with Crippen LogP contribution in [-0.2, 0) is 0 Å². The van der Waals surface area contributed by atoms with E-state index in [0.717, 1.165) is 24.3 Å². The highest BCUT2D eigenvalue weighted by atomic mass is 16.5. The van der Waals surface area contributed by atoms with Gasteiger partial charge in [0.2, 0.25) is 0 Å². The third-order valence-corrected chi connectivity index (χ3v) is 3.41. The summed E-state index contributed by atoms with van der Waals surface area (Å²) in [5.74, 6) is 2.20. The van der Waals surface area contributed by atoms with Crippen LogP contribution >= 0.6 is 0 Å². The standard InChI is InChI=1S/C13H19NO2/c1-15-9-6-7-13(16-2)11(8-9)10-4-3-5-12(10)14/h6-8,10,12H,3-5,14H2,1-2H3. The quantitative estimate of drug-likeness (QED) is 0.851. The summed E-state index contributed by atoms with van der Waals surface area (Å²) in [6.07, 6.45) is 3.45. The zero-order chi connectivity index (χ0) is 11.5. The van der Waals surface area contributed by atoms with Gasteiger partial charge in [-0.15, -0.1) is 0 Å². The number of hydrogen-bond donors (Lipinski definition) is 1. The number of ether oxygens (including phenoxy) is 2. The molecule has 1 fully saturated rings. The van der Waals surface area contributed by atoms with E-state index in [2.05, 4.69) is 6.07 Å². The van der Waals surface area contributed by atoms with Crippen molar-refractivity contribution in [2.45, 2.75) is 31.2 Å². The third-order valence-electron chi connectivity index (χ3n) is 3.41. The van der Waals surface area contributed by atoms with Crippen LogP contribution in [0.5, 0.6) is 11.5 Å². The molecule has 0 heterocycles. The Kier molecular flexibility index (Phi) is 3.34. The van der Waals surface area contributed by atoms with E-state index in [9.17, 15) is 0 Å². The van der Waals surface area contributed by atoms with E-state index in [4.69, 9.17) is 15.2 Å². The van der Waals surface area contributed by atoms with Crippen LogP contribution in [-0.4, -0.2) is 20.3 Å². The summed E-state index contributed by atoms with van der Waals surface area (Å²) in [4.78, 5) is 0. The molecule has 88 valence electrons. The maximum Gasteiger partial charge on any atom is 0.122 e. The first-order chi connectivity index (χ1) is 7.76. The maximum atomic E-state index is 6.13. The molecule has 2 rings (SSSR count). The first-order valence-electron chi connectivity index (χ1n) is 5.73. The Morgan fingerprint density at radius 2 is 2.00 bits per heavy atom. The van der Waals surface area contributed by atoms with Gasteiger partial charge in [0.25, 0.3) is 0 Å². The lowest BCUT2D eigenvalue weighted by Gasteiger charge is -2.19. The first kappa shape index (κ1) is 11.3. The van der Waals surface area contributed by atoms with Crippen LogP contribution in [0.25, 0.3) is 0 Å². The van der Waals surface area contributed by atoms with E-state index in [-0.39, 0.29) is 6.04 Å². The van der Waals surface area contributed by atoms with Crippen molar-refractivity contribution in [1.29, 1.82) is 0 Å². The second-order valence-corrected chi connectivity index (χ2v) is 4.31. The molecule has 16 heavy (non-hydrogen) atoms. The van der Waals surface area contributed by atoms with E-state index in [0.29, 0.717) is 5.92 Å². The molecule has 1 aromatic carbocycles. The number of nitrogens with two attached hydrogens (primary N) is 1. The zero-order valence-corrected chi connectivity index (χ0v) is 9.90.